The fourth-order valence-electron chi connectivity index (χ4n) is 5.11. The molecular weight excluding hydrogens is 457 g/mol. The average Bonchev–Trinajstić information content (AvgIpc) is 3.49. The number of fused-ring (bicyclic) bond motifs is 9. The van der Waals surface area contributed by atoms with Crippen molar-refractivity contribution in [2.75, 3.05) is 5.75 Å². The summed E-state index contributed by atoms with van der Waals surface area (Å²) in [5.74, 6) is 1.24. The van der Waals surface area contributed by atoms with Gasteiger partial charge in [0.05, 0.1) is 4.21 Å². The Balaban J connectivity index is 1.34. The molecule has 0 N–H and O–H groups in total. The Bertz CT molecular complexity index is 1580. The van der Waals surface area contributed by atoms with Gasteiger partial charge in [0, 0.05) is 20.2 Å². The molecule has 2 aromatic heterocycles. The second kappa shape index (κ2) is 9.29. The maximum Gasteiger partial charge on any atom is 0.0611 e. The van der Waals surface area contributed by atoms with Crippen LogP contribution in [0.25, 0.3) is 52.5 Å². The zero-order valence-corrected chi connectivity index (χ0v) is 21.5. The van der Waals surface area contributed by atoms with Gasteiger partial charge in [-0.05, 0) is 74.1 Å². The first-order valence-corrected chi connectivity index (χ1v) is 14.8. The van der Waals surface area contributed by atoms with E-state index in [1.165, 1.54) is 101 Å². The quantitative estimate of drug-likeness (QED) is 0.118. The lowest BCUT2D eigenvalue weighted by atomic mass is 9.95. The van der Waals surface area contributed by atoms with Crippen LogP contribution in [-0.4, -0.2) is 5.75 Å². The van der Waals surface area contributed by atoms with Crippen molar-refractivity contribution in [3.8, 4) is 0 Å². The molecule has 0 saturated heterocycles. The topological polar surface area (TPSA) is 0 Å². The molecule has 6 aromatic rings. The van der Waals surface area contributed by atoms with E-state index in [0.29, 0.717) is 0 Å². The number of thiophene rings is 2. The van der Waals surface area contributed by atoms with Gasteiger partial charge in [-0.3, -0.25) is 0 Å². The second-order valence-electron chi connectivity index (χ2n) is 8.97. The van der Waals surface area contributed by atoms with Crippen LogP contribution < -0.4 is 0 Å². The Morgan fingerprint density at radius 3 is 1.88 bits per heavy atom. The first kappa shape index (κ1) is 21.5. The van der Waals surface area contributed by atoms with Crippen LogP contribution in [-0.2, 0) is 0 Å². The molecule has 33 heavy (non-hydrogen) atoms. The molecule has 0 saturated carbocycles. The fraction of sp³-hybridized carbons (Fsp3) is 0.267. The van der Waals surface area contributed by atoms with Gasteiger partial charge in [-0.25, -0.2) is 0 Å². The lowest BCUT2D eigenvalue weighted by Crippen LogP contribution is -1.82. The molecule has 3 heteroatoms. The molecule has 0 unspecified atom stereocenters. The molecule has 0 aliphatic carbocycles. The minimum atomic E-state index is 1.24. The molecule has 0 aliphatic heterocycles. The van der Waals surface area contributed by atoms with Crippen molar-refractivity contribution < 1.29 is 0 Å². The molecule has 166 valence electrons. The minimum Gasteiger partial charge on any atom is -0.144 e. The molecule has 0 atom stereocenters. The fourth-order valence-corrected chi connectivity index (χ4v) is 8.23. The van der Waals surface area contributed by atoms with Gasteiger partial charge in [-0.1, -0.05) is 75.4 Å². The molecule has 0 nitrogen and oxygen atoms in total. The summed E-state index contributed by atoms with van der Waals surface area (Å²) in [5.41, 5.74) is 0. The molecular formula is C30H28S3. The maximum atomic E-state index is 2.44. The highest BCUT2D eigenvalue weighted by molar-refractivity contribution is 8.01. The summed E-state index contributed by atoms with van der Waals surface area (Å²) in [4.78, 5) is 0. The van der Waals surface area contributed by atoms with E-state index < -0.39 is 0 Å². The van der Waals surface area contributed by atoms with Crippen molar-refractivity contribution in [2.24, 2.45) is 0 Å². The standard InChI is InChI=1S/C30H28S3/c1-2-3-4-5-6-7-17-32-30-19-27-25-11-9-20-21(23(25)13-15-29(27)33-30)8-10-24-22(20)12-14-28-26(24)16-18-31-28/h8-16,18-19H,2-7,17H2,1H3. The summed E-state index contributed by atoms with van der Waals surface area (Å²) in [6, 6.07) is 23.3. The predicted octanol–water partition coefficient (Wildman–Crippen LogP) is 11.0. The summed E-state index contributed by atoms with van der Waals surface area (Å²) >= 11 is 5.83. The van der Waals surface area contributed by atoms with E-state index in [1.807, 2.05) is 34.4 Å². The van der Waals surface area contributed by atoms with Crippen LogP contribution in [0.1, 0.15) is 45.4 Å². The third-order valence-electron chi connectivity index (χ3n) is 6.84. The summed E-state index contributed by atoms with van der Waals surface area (Å²) < 4.78 is 4.24. The van der Waals surface area contributed by atoms with Crippen LogP contribution in [0.4, 0.5) is 0 Å². The number of hydrogen-bond donors (Lipinski definition) is 0. The Morgan fingerprint density at radius 2 is 1.15 bits per heavy atom. The maximum absolute atomic E-state index is 2.44. The van der Waals surface area contributed by atoms with Gasteiger partial charge in [-0.2, -0.15) is 0 Å². The van der Waals surface area contributed by atoms with E-state index in [9.17, 15) is 0 Å². The number of rotatable bonds is 8. The molecule has 6 rings (SSSR count). The van der Waals surface area contributed by atoms with Gasteiger partial charge in [0.2, 0.25) is 0 Å². The third kappa shape index (κ3) is 3.95. The second-order valence-corrected chi connectivity index (χ2v) is 12.4. The van der Waals surface area contributed by atoms with Gasteiger partial charge < -0.3 is 0 Å². The molecule has 0 fully saturated rings. The summed E-state index contributed by atoms with van der Waals surface area (Å²) in [6.45, 7) is 2.29. The smallest absolute Gasteiger partial charge is 0.0611 e. The van der Waals surface area contributed by atoms with Crippen LogP contribution in [0.15, 0.2) is 70.3 Å². The van der Waals surface area contributed by atoms with Crippen molar-refractivity contribution in [1.82, 2.24) is 0 Å². The first-order valence-electron chi connectivity index (χ1n) is 12.1. The lowest BCUT2D eigenvalue weighted by Gasteiger charge is -2.09. The van der Waals surface area contributed by atoms with Crippen molar-refractivity contribution in [2.45, 2.75) is 49.7 Å². The Kier molecular flexibility index (Phi) is 6.04. The lowest BCUT2D eigenvalue weighted by molar-refractivity contribution is 0.627. The van der Waals surface area contributed by atoms with E-state index >= 15 is 0 Å². The van der Waals surface area contributed by atoms with E-state index in [-0.39, 0.29) is 0 Å². The van der Waals surface area contributed by atoms with E-state index in [2.05, 4.69) is 73.0 Å². The van der Waals surface area contributed by atoms with Gasteiger partial charge >= 0.3 is 0 Å². The summed E-state index contributed by atoms with van der Waals surface area (Å²) in [5, 5.41) is 13.2. The van der Waals surface area contributed by atoms with Crippen molar-refractivity contribution in [3.63, 3.8) is 0 Å². The molecule has 0 spiro atoms. The van der Waals surface area contributed by atoms with Crippen molar-refractivity contribution in [1.29, 1.82) is 0 Å². The predicted molar refractivity (Wildman–Crippen MR) is 154 cm³/mol. The largest absolute Gasteiger partial charge is 0.144 e. The van der Waals surface area contributed by atoms with Gasteiger partial charge in [0.25, 0.3) is 0 Å². The average molecular weight is 485 g/mol. The molecule has 4 aromatic carbocycles. The van der Waals surface area contributed by atoms with Crippen LogP contribution in [0.5, 0.6) is 0 Å². The van der Waals surface area contributed by atoms with Gasteiger partial charge in [0.1, 0.15) is 0 Å². The zero-order valence-electron chi connectivity index (χ0n) is 19.0. The number of hydrogen-bond acceptors (Lipinski definition) is 3. The SMILES string of the molecule is CCCCCCCCSc1cc2c(ccc3c2ccc2c4ccc5sccc5c4ccc32)s1. The number of benzene rings is 4. The van der Waals surface area contributed by atoms with Gasteiger partial charge in [-0.15, -0.1) is 34.4 Å². The third-order valence-corrected chi connectivity index (χ3v) is 10.1. The van der Waals surface area contributed by atoms with Crippen LogP contribution in [0, 0.1) is 0 Å². The minimum absolute atomic E-state index is 1.24. The van der Waals surface area contributed by atoms with Crippen LogP contribution in [0.3, 0.4) is 0 Å². The highest BCUT2D eigenvalue weighted by Crippen LogP contribution is 2.41. The first-order chi connectivity index (χ1) is 16.3. The van der Waals surface area contributed by atoms with E-state index in [4.69, 9.17) is 0 Å². The number of thioether (sulfide) groups is 1. The Morgan fingerprint density at radius 1 is 0.576 bits per heavy atom. The molecule has 0 aliphatic rings. The van der Waals surface area contributed by atoms with E-state index in [0.717, 1.165) is 0 Å². The molecule has 0 amide bonds. The highest BCUT2D eigenvalue weighted by atomic mass is 32.2. The normalized spacial score (nSPS) is 12.2. The Hall–Kier alpha value is -2.07. The zero-order chi connectivity index (χ0) is 22.2. The Labute approximate surface area is 207 Å². The van der Waals surface area contributed by atoms with Gasteiger partial charge in [0.15, 0.2) is 0 Å². The monoisotopic (exact) mass is 484 g/mol. The van der Waals surface area contributed by atoms with Crippen LogP contribution in [0.2, 0.25) is 0 Å². The summed E-state index contributed by atoms with van der Waals surface area (Å²) in [6.07, 6.45) is 8.22. The van der Waals surface area contributed by atoms with Crippen LogP contribution >= 0.6 is 34.4 Å². The highest BCUT2D eigenvalue weighted by Gasteiger charge is 2.11. The molecule has 2 heterocycles. The molecule has 0 bridgehead atoms. The van der Waals surface area contributed by atoms with E-state index in [1.54, 1.807) is 0 Å². The van der Waals surface area contributed by atoms with Crippen molar-refractivity contribution >= 4 is 86.9 Å². The van der Waals surface area contributed by atoms with Crippen molar-refractivity contribution in [3.05, 3.63) is 66.0 Å². The summed E-state index contributed by atoms with van der Waals surface area (Å²) in [7, 11) is 0. The number of unbranched alkanes of at least 4 members (excludes halogenated alkanes) is 5. The molecule has 0 radical (unpaired) electrons.